The molecule has 4 atom stereocenters. The Morgan fingerprint density at radius 2 is 1.67 bits per heavy atom. The van der Waals surface area contributed by atoms with E-state index in [1.165, 1.54) is 17.0 Å². The Balaban J connectivity index is 1.18. The first-order chi connectivity index (χ1) is 20.7. The molecule has 0 spiro atoms. The molecule has 2 saturated heterocycles. The van der Waals surface area contributed by atoms with Gasteiger partial charge in [-0.1, -0.05) is 60.1 Å². The second-order valence-electron chi connectivity index (χ2n) is 10.6. The Morgan fingerprint density at radius 3 is 2.30 bits per heavy atom. The minimum absolute atomic E-state index is 0.197. The molecule has 9 nitrogen and oxygen atoms in total. The number of hydrogen-bond donors (Lipinski definition) is 3. The number of H-pyrrole nitrogens is 1. The van der Waals surface area contributed by atoms with Crippen LogP contribution in [0.15, 0.2) is 54.6 Å². The maximum Gasteiger partial charge on any atom is 0.408 e. The molecule has 13 heteroatoms. The molecule has 6 rings (SSSR count). The van der Waals surface area contributed by atoms with Crippen LogP contribution in [0.4, 0.5) is 13.2 Å². The first-order valence-electron chi connectivity index (χ1n) is 13.9. The van der Waals surface area contributed by atoms with Gasteiger partial charge < -0.3 is 29.4 Å². The van der Waals surface area contributed by atoms with Gasteiger partial charge in [-0.2, -0.15) is 18.2 Å². The van der Waals surface area contributed by atoms with Crippen molar-refractivity contribution in [2.45, 2.75) is 37.0 Å². The number of ether oxygens (including phenoxy) is 3. The Hall–Kier alpha value is -3.26. The van der Waals surface area contributed by atoms with Crippen LogP contribution >= 0.6 is 11.6 Å². The van der Waals surface area contributed by atoms with Crippen molar-refractivity contribution in [2.24, 2.45) is 0 Å². The molecule has 2 aromatic heterocycles. The smallest absolute Gasteiger partial charge is 0.408 e. The van der Waals surface area contributed by atoms with E-state index in [9.17, 15) is 23.4 Å². The highest BCUT2D eigenvalue weighted by Gasteiger charge is 2.45. The van der Waals surface area contributed by atoms with Crippen LogP contribution in [0, 0.1) is 0 Å². The minimum Gasteiger partial charge on any atom is -0.459 e. The molecule has 2 aliphatic rings. The van der Waals surface area contributed by atoms with Crippen LogP contribution in [-0.4, -0.2) is 94.1 Å². The zero-order chi connectivity index (χ0) is 30.1. The molecule has 0 aliphatic carbocycles. The fourth-order valence-electron chi connectivity index (χ4n) is 5.52. The van der Waals surface area contributed by atoms with Crippen molar-refractivity contribution in [3.63, 3.8) is 0 Å². The summed E-state index contributed by atoms with van der Waals surface area (Å²) in [5.74, 6) is 0. The van der Waals surface area contributed by atoms with Crippen molar-refractivity contribution in [3.8, 4) is 28.4 Å². The summed E-state index contributed by atoms with van der Waals surface area (Å²) in [6, 6.07) is 14.1. The third kappa shape index (κ3) is 6.49. The van der Waals surface area contributed by atoms with Crippen LogP contribution in [0.3, 0.4) is 0 Å². The average molecular weight is 619 g/mol. The summed E-state index contributed by atoms with van der Waals surface area (Å²) in [5, 5.41) is 19.7. The zero-order valence-electron chi connectivity index (χ0n) is 22.9. The number of alkyl halides is 3. The molecule has 0 radical (unpaired) electrons. The number of aliphatic hydroxyl groups excluding tert-OH is 2. The number of imidazole rings is 1. The summed E-state index contributed by atoms with van der Waals surface area (Å²) < 4.78 is 58.4. The van der Waals surface area contributed by atoms with Crippen LogP contribution in [-0.2, 0) is 9.47 Å². The van der Waals surface area contributed by atoms with Crippen molar-refractivity contribution < 1.29 is 37.6 Å². The first-order valence-corrected chi connectivity index (χ1v) is 14.3. The molecule has 3 N–H and O–H groups in total. The van der Waals surface area contributed by atoms with Crippen molar-refractivity contribution in [3.05, 3.63) is 65.2 Å². The van der Waals surface area contributed by atoms with Crippen LogP contribution in [0.5, 0.6) is 6.01 Å². The number of benzene rings is 2. The van der Waals surface area contributed by atoms with E-state index in [-0.39, 0.29) is 57.5 Å². The molecule has 0 bridgehead atoms. The van der Waals surface area contributed by atoms with E-state index in [2.05, 4.69) is 15.0 Å². The van der Waals surface area contributed by atoms with Gasteiger partial charge in [-0.3, -0.25) is 4.90 Å². The van der Waals surface area contributed by atoms with E-state index in [0.717, 1.165) is 16.7 Å². The third-order valence-corrected chi connectivity index (χ3v) is 8.02. The van der Waals surface area contributed by atoms with E-state index in [0.29, 0.717) is 21.9 Å². The predicted octanol–water partition coefficient (Wildman–Crippen LogP) is 4.77. The van der Waals surface area contributed by atoms with Gasteiger partial charge in [0.2, 0.25) is 0 Å². The van der Waals surface area contributed by atoms with Crippen LogP contribution in [0.2, 0.25) is 5.02 Å². The number of aromatic amines is 1. The summed E-state index contributed by atoms with van der Waals surface area (Å²) in [4.78, 5) is 13.5. The second-order valence-corrected chi connectivity index (χ2v) is 11.0. The van der Waals surface area contributed by atoms with Gasteiger partial charge in [0, 0.05) is 25.1 Å². The lowest BCUT2D eigenvalue weighted by Crippen LogP contribution is -2.45. The van der Waals surface area contributed by atoms with Gasteiger partial charge in [0.1, 0.15) is 18.2 Å². The van der Waals surface area contributed by atoms with Crippen molar-refractivity contribution in [1.82, 2.24) is 19.9 Å². The van der Waals surface area contributed by atoms with Gasteiger partial charge >= 0.3 is 6.18 Å². The average Bonchev–Trinajstić information content (AvgIpc) is 3.38. The highest BCUT2D eigenvalue weighted by Crippen LogP contribution is 2.39. The van der Waals surface area contributed by atoms with Gasteiger partial charge in [-0.15, -0.1) is 0 Å². The molecule has 0 saturated carbocycles. The standard InChI is InChI=1S/C30H30ClF3N4O5/c31-22-14-23-28(37-29(35-23)43-21-13-24(40)25(15-39)42-16-21)36-26(22)19-5-1-17(2-6-19)18-3-7-20(8-4-18)27(30(32,33)34)38-9-11-41-12-10-38/h1-8,14,21,24-25,27,39-40H,9-13,15-16H2,(H,35,36,37)/t21-,24+,25-,27?/m1/s1. The number of nitrogens with one attached hydrogen (secondary N) is 1. The maximum absolute atomic E-state index is 14.0. The Kier molecular flexibility index (Phi) is 8.58. The molecule has 43 heavy (non-hydrogen) atoms. The summed E-state index contributed by atoms with van der Waals surface area (Å²) in [5.41, 5.74) is 4.01. The SMILES string of the molecule is OC[C@H]1OC[C@H](Oc2nc3nc(-c4ccc(-c5ccc(C(N6CCOCC6)C(F)(F)F)cc5)cc4)c(Cl)cc3[nH]2)C[C@@H]1O. The molecule has 2 aliphatic heterocycles. The molecular formula is C30H30ClF3N4O5. The number of fused-ring (bicyclic) bond motifs is 1. The fraction of sp³-hybridized carbons (Fsp3) is 0.400. The van der Waals surface area contributed by atoms with Crippen LogP contribution in [0.1, 0.15) is 18.0 Å². The van der Waals surface area contributed by atoms with Crippen LogP contribution in [0.25, 0.3) is 33.5 Å². The van der Waals surface area contributed by atoms with E-state index in [4.69, 9.17) is 25.8 Å². The zero-order valence-corrected chi connectivity index (χ0v) is 23.7. The number of aromatic nitrogens is 3. The number of rotatable bonds is 7. The summed E-state index contributed by atoms with van der Waals surface area (Å²) in [7, 11) is 0. The van der Waals surface area contributed by atoms with Crippen LogP contribution < -0.4 is 4.74 Å². The summed E-state index contributed by atoms with van der Waals surface area (Å²) in [6.45, 7) is 0.956. The summed E-state index contributed by atoms with van der Waals surface area (Å²) in [6.07, 6.45) is -6.04. The lowest BCUT2D eigenvalue weighted by molar-refractivity contribution is -0.194. The second kappa shape index (κ2) is 12.4. The molecule has 2 aromatic carbocycles. The number of halogens is 4. The van der Waals surface area contributed by atoms with Gasteiger partial charge in [0.05, 0.1) is 48.8 Å². The maximum atomic E-state index is 14.0. The summed E-state index contributed by atoms with van der Waals surface area (Å²) >= 11 is 6.56. The number of hydrogen-bond acceptors (Lipinski definition) is 8. The van der Waals surface area contributed by atoms with Crippen molar-refractivity contribution in [2.75, 3.05) is 39.5 Å². The van der Waals surface area contributed by atoms with Gasteiger partial charge in [0.25, 0.3) is 6.01 Å². The van der Waals surface area contributed by atoms with Gasteiger partial charge in [-0.05, 0) is 22.8 Å². The molecule has 4 heterocycles. The number of aliphatic hydroxyl groups is 2. The van der Waals surface area contributed by atoms with Crippen molar-refractivity contribution >= 4 is 22.8 Å². The molecule has 228 valence electrons. The molecule has 2 fully saturated rings. The van der Waals surface area contributed by atoms with E-state index in [1.807, 2.05) is 24.3 Å². The minimum atomic E-state index is -4.40. The predicted molar refractivity (Wildman–Crippen MR) is 153 cm³/mol. The molecule has 0 amide bonds. The fourth-order valence-corrected chi connectivity index (χ4v) is 5.78. The molecular weight excluding hydrogens is 589 g/mol. The van der Waals surface area contributed by atoms with E-state index >= 15 is 0 Å². The Bertz CT molecular complexity index is 1540. The van der Waals surface area contributed by atoms with Gasteiger partial charge in [0.15, 0.2) is 5.65 Å². The normalized spacial score (nSPS) is 22.5. The Morgan fingerprint density at radius 1 is 1.02 bits per heavy atom. The topological polar surface area (TPSA) is 113 Å². The van der Waals surface area contributed by atoms with E-state index < -0.39 is 30.5 Å². The highest BCUT2D eigenvalue weighted by atomic mass is 35.5. The number of nitrogens with zero attached hydrogens (tertiary/aromatic N) is 3. The number of morpholine rings is 1. The third-order valence-electron chi connectivity index (χ3n) is 7.73. The van der Waals surface area contributed by atoms with Crippen molar-refractivity contribution in [1.29, 1.82) is 0 Å². The lowest BCUT2D eigenvalue weighted by atomic mass is 9.98. The Labute approximate surface area is 250 Å². The van der Waals surface area contributed by atoms with E-state index in [1.54, 1.807) is 18.2 Å². The highest BCUT2D eigenvalue weighted by molar-refractivity contribution is 6.33. The first kappa shape index (κ1) is 29.8. The number of pyridine rings is 1. The quantitative estimate of drug-likeness (QED) is 0.272. The largest absolute Gasteiger partial charge is 0.459 e. The lowest BCUT2D eigenvalue weighted by Gasteiger charge is -2.35. The molecule has 4 aromatic rings. The molecule has 1 unspecified atom stereocenters. The van der Waals surface area contributed by atoms with Gasteiger partial charge in [-0.25, -0.2) is 4.98 Å². The monoisotopic (exact) mass is 618 g/mol.